The lowest BCUT2D eigenvalue weighted by atomic mass is 9.84. The van der Waals surface area contributed by atoms with Crippen LogP contribution in [0, 0.1) is 17.6 Å². The van der Waals surface area contributed by atoms with E-state index in [0.29, 0.717) is 17.5 Å². The number of nitrogens with one attached hydrogen (secondary N) is 1. The van der Waals surface area contributed by atoms with Gasteiger partial charge < -0.3 is 5.32 Å². The zero-order chi connectivity index (χ0) is 13.8. The van der Waals surface area contributed by atoms with Crippen LogP contribution in [0.5, 0.6) is 0 Å². The molecule has 1 N–H and O–H groups in total. The highest BCUT2D eigenvalue weighted by Crippen LogP contribution is 2.28. The van der Waals surface area contributed by atoms with Gasteiger partial charge in [0.15, 0.2) is 11.6 Å². The number of hydrogen-bond acceptors (Lipinski definition) is 1. The first-order valence-corrected chi connectivity index (χ1v) is 7.29. The van der Waals surface area contributed by atoms with Crippen LogP contribution in [-0.2, 0) is 0 Å². The van der Waals surface area contributed by atoms with Gasteiger partial charge in [-0.25, -0.2) is 8.78 Å². The molecule has 1 unspecified atom stereocenters. The first-order chi connectivity index (χ1) is 9.09. The molecule has 1 aromatic rings. The van der Waals surface area contributed by atoms with E-state index in [0.717, 1.165) is 6.07 Å². The third-order valence-corrected chi connectivity index (χ3v) is 4.32. The smallest absolute Gasteiger partial charge is 0.163 e. The van der Waals surface area contributed by atoms with Crippen LogP contribution in [-0.4, -0.2) is 6.04 Å². The van der Waals surface area contributed by atoms with E-state index in [1.807, 2.05) is 6.92 Å². The van der Waals surface area contributed by atoms with Crippen LogP contribution in [0.25, 0.3) is 0 Å². The Kier molecular flexibility index (Phi) is 4.92. The van der Waals surface area contributed by atoms with Crippen molar-refractivity contribution in [3.63, 3.8) is 0 Å². The fourth-order valence-electron chi connectivity index (χ4n) is 3.11. The van der Waals surface area contributed by atoms with Crippen molar-refractivity contribution in [3.8, 4) is 0 Å². The average molecular weight is 267 g/mol. The van der Waals surface area contributed by atoms with Gasteiger partial charge in [0.1, 0.15) is 0 Å². The van der Waals surface area contributed by atoms with Crippen LogP contribution in [0.4, 0.5) is 8.78 Å². The summed E-state index contributed by atoms with van der Waals surface area (Å²) >= 11 is 0. The van der Waals surface area contributed by atoms with Crippen molar-refractivity contribution >= 4 is 0 Å². The average Bonchev–Trinajstić information content (AvgIpc) is 2.42. The van der Waals surface area contributed by atoms with E-state index in [1.165, 1.54) is 32.1 Å². The molecule has 3 heteroatoms. The molecule has 1 aromatic carbocycles. The summed E-state index contributed by atoms with van der Waals surface area (Å²) in [5.41, 5.74) is 0.419. The van der Waals surface area contributed by atoms with Crippen molar-refractivity contribution in [3.05, 3.63) is 35.4 Å². The second-order valence-electron chi connectivity index (χ2n) is 5.72. The molecule has 0 saturated heterocycles. The topological polar surface area (TPSA) is 12.0 Å². The second-order valence-corrected chi connectivity index (χ2v) is 5.72. The van der Waals surface area contributed by atoms with Gasteiger partial charge in [-0.1, -0.05) is 31.4 Å². The van der Waals surface area contributed by atoms with Crippen molar-refractivity contribution in [2.45, 2.75) is 58.0 Å². The molecular weight excluding hydrogens is 244 g/mol. The molecule has 0 aliphatic heterocycles. The van der Waals surface area contributed by atoms with E-state index in [2.05, 4.69) is 12.2 Å². The van der Waals surface area contributed by atoms with Gasteiger partial charge in [-0.3, -0.25) is 0 Å². The van der Waals surface area contributed by atoms with E-state index in [-0.39, 0.29) is 6.04 Å². The Labute approximate surface area is 114 Å². The summed E-state index contributed by atoms with van der Waals surface area (Å²) in [6, 6.07) is 4.57. The van der Waals surface area contributed by atoms with Gasteiger partial charge in [-0.2, -0.15) is 0 Å². The third-order valence-electron chi connectivity index (χ3n) is 4.32. The van der Waals surface area contributed by atoms with E-state index in [1.54, 1.807) is 12.1 Å². The quantitative estimate of drug-likeness (QED) is 0.841. The number of hydrogen-bond donors (Lipinski definition) is 1. The molecule has 1 aliphatic carbocycles. The molecule has 19 heavy (non-hydrogen) atoms. The molecule has 106 valence electrons. The minimum absolute atomic E-state index is 0.160. The summed E-state index contributed by atoms with van der Waals surface area (Å²) in [4.78, 5) is 0. The fourth-order valence-corrected chi connectivity index (χ4v) is 3.11. The van der Waals surface area contributed by atoms with Crippen LogP contribution in [0.3, 0.4) is 0 Å². The maximum absolute atomic E-state index is 13.7. The minimum atomic E-state index is -0.767. The van der Waals surface area contributed by atoms with Crippen molar-refractivity contribution < 1.29 is 8.78 Å². The Balaban J connectivity index is 1.99. The monoisotopic (exact) mass is 267 g/mol. The molecule has 0 heterocycles. The Morgan fingerprint density at radius 2 is 1.79 bits per heavy atom. The lowest BCUT2D eigenvalue weighted by molar-refractivity contribution is 0.266. The highest BCUT2D eigenvalue weighted by molar-refractivity contribution is 5.22. The highest BCUT2D eigenvalue weighted by Gasteiger charge is 2.23. The SMILES string of the molecule is CC(N[C@H](C)C1CCCCC1)c1cccc(F)c1F. The molecule has 0 amide bonds. The molecule has 0 radical (unpaired) electrons. The second kappa shape index (κ2) is 6.47. The van der Waals surface area contributed by atoms with Crippen LogP contribution in [0.15, 0.2) is 18.2 Å². The maximum Gasteiger partial charge on any atom is 0.163 e. The van der Waals surface area contributed by atoms with Gasteiger partial charge in [0, 0.05) is 17.6 Å². The molecule has 1 nitrogen and oxygen atoms in total. The van der Waals surface area contributed by atoms with Crippen molar-refractivity contribution in [1.82, 2.24) is 5.32 Å². The highest BCUT2D eigenvalue weighted by atomic mass is 19.2. The first kappa shape index (κ1) is 14.4. The van der Waals surface area contributed by atoms with Crippen LogP contribution < -0.4 is 5.32 Å². The number of halogens is 2. The summed E-state index contributed by atoms with van der Waals surface area (Å²) in [5.74, 6) is -0.831. The van der Waals surface area contributed by atoms with E-state index in [4.69, 9.17) is 0 Å². The Morgan fingerprint density at radius 3 is 2.47 bits per heavy atom. The van der Waals surface area contributed by atoms with Gasteiger partial charge in [-0.15, -0.1) is 0 Å². The lowest BCUT2D eigenvalue weighted by Gasteiger charge is -2.31. The van der Waals surface area contributed by atoms with Crippen molar-refractivity contribution in [1.29, 1.82) is 0 Å². The maximum atomic E-state index is 13.7. The Hall–Kier alpha value is -0.960. The molecule has 1 fully saturated rings. The molecule has 0 spiro atoms. The zero-order valence-corrected chi connectivity index (χ0v) is 11.8. The van der Waals surface area contributed by atoms with Gasteiger partial charge >= 0.3 is 0 Å². The predicted molar refractivity (Wildman–Crippen MR) is 73.9 cm³/mol. The van der Waals surface area contributed by atoms with Crippen molar-refractivity contribution in [2.24, 2.45) is 5.92 Å². The minimum Gasteiger partial charge on any atom is -0.307 e. The van der Waals surface area contributed by atoms with Gasteiger partial charge in [0.05, 0.1) is 0 Å². The van der Waals surface area contributed by atoms with Crippen molar-refractivity contribution in [2.75, 3.05) is 0 Å². The molecule has 0 bridgehead atoms. The van der Waals surface area contributed by atoms with E-state index < -0.39 is 11.6 Å². The molecular formula is C16H23F2N. The molecule has 0 aromatic heterocycles. The zero-order valence-electron chi connectivity index (χ0n) is 11.8. The summed E-state index contributed by atoms with van der Waals surface area (Å²) in [6.07, 6.45) is 6.40. The van der Waals surface area contributed by atoms with E-state index >= 15 is 0 Å². The van der Waals surface area contributed by atoms with E-state index in [9.17, 15) is 8.78 Å². The molecule has 2 atom stereocenters. The Bertz CT molecular complexity index is 413. The fraction of sp³-hybridized carbons (Fsp3) is 0.625. The molecule has 1 aliphatic rings. The summed E-state index contributed by atoms with van der Waals surface area (Å²) in [7, 11) is 0. The third kappa shape index (κ3) is 3.53. The number of rotatable bonds is 4. The summed E-state index contributed by atoms with van der Waals surface area (Å²) in [6.45, 7) is 4.06. The summed E-state index contributed by atoms with van der Waals surface area (Å²) < 4.78 is 27.0. The van der Waals surface area contributed by atoms with Gasteiger partial charge in [-0.05, 0) is 38.7 Å². The van der Waals surface area contributed by atoms with Crippen LogP contribution in [0.1, 0.15) is 57.6 Å². The lowest BCUT2D eigenvalue weighted by Crippen LogP contribution is -2.36. The standard InChI is InChI=1S/C16H23F2N/c1-11(13-7-4-3-5-8-13)19-12(2)14-9-6-10-15(17)16(14)18/h6,9-13,19H,3-5,7-8H2,1-2H3/t11-,12?/m1/s1. The van der Waals surface area contributed by atoms with Gasteiger partial charge in [0.25, 0.3) is 0 Å². The predicted octanol–water partition coefficient (Wildman–Crippen LogP) is 4.58. The molecule has 2 rings (SSSR count). The van der Waals surface area contributed by atoms with Crippen LogP contribution >= 0.6 is 0 Å². The normalized spacial score (nSPS) is 20.2. The number of benzene rings is 1. The first-order valence-electron chi connectivity index (χ1n) is 7.29. The summed E-state index contributed by atoms with van der Waals surface area (Å²) in [5, 5.41) is 3.43. The van der Waals surface area contributed by atoms with Crippen LogP contribution in [0.2, 0.25) is 0 Å². The van der Waals surface area contributed by atoms with Gasteiger partial charge in [0.2, 0.25) is 0 Å². The Morgan fingerprint density at radius 1 is 1.11 bits per heavy atom. The molecule has 1 saturated carbocycles. The largest absolute Gasteiger partial charge is 0.307 e.